The van der Waals surface area contributed by atoms with E-state index < -0.39 is 5.82 Å². The number of carbonyl (C=O) groups excluding carboxylic acids is 2. The van der Waals surface area contributed by atoms with E-state index in [-0.39, 0.29) is 22.9 Å². The van der Waals surface area contributed by atoms with Gasteiger partial charge in [0.05, 0.1) is 18.6 Å². The van der Waals surface area contributed by atoms with Gasteiger partial charge in [-0.25, -0.2) is 9.18 Å². The number of rotatable bonds is 3. The minimum atomic E-state index is -0.533. The summed E-state index contributed by atoms with van der Waals surface area (Å²) in [5, 5.41) is 2.62. The summed E-state index contributed by atoms with van der Waals surface area (Å²) < 4.78 is 17.7. The van der Waals surface area contributed by atoms with Gasteiger partial charge in [0.25, 0.3) is 0 Å². The number of halogens is 2. The normalized spacial score (nSPS) is 17.7. The van der Waals surface area contributed by atoms with Crippen LogP contribution < -0.4 is 5.32 Å². The van der Waals surface area contributed by atoms with Crippen LogP contribution in [0.15, 0.2) is 18.2 Å². The lowest BCUT2D eigenvalue weighted by atomic mass is 10.1. The number of benzene rings is 1. The molecule has 1 unspecified atom stereocenters. The highest BCUT2D eigenvalue weighted by molar-refractivity contribution is 6.31. The summed E-state index contributed by atoms with van der Waals surface area (Å²) in [7, 11) is 1.35. The first kappa shape index (κ1) is 15.6. The molecule has 1 aromatic rings. The molecule has 1 aliphatic heterocycles. The molecule has 1 saturated heterocycles. The van der Waals surface area contributed by atoms with Crippen molar-refractivity contribution in [3.05, 3.63) is 29.0 Å². The van der Waals surface area contributed by atoms with Crippen molar-refractivity contribution in [2.24, 2.45) is 5.92 Å². The van der Waals surface area contributed by atoms with Gasteiger partial charge in [0, 0.05) is 18.8 Å². The van der Waals surface area contributed by atoms with Crippen LogP contribution in [0, 0.1) is 11.7 Å². The zero-order valence-corrected chi connectivity index (χ0v) is 12.3. The Morgan fingerprint density at radius 2 is 2.29 bits per heavy atom. The summed E-state index contributed by atoms with van der Waals surface area (Å²) in [5.41, 5.74) is 0.433. The molecule has 1 heterocycles. The van der Waals surface area contributed by atoms with Gasteiger partial charge in [-0.3, -0.25) is 4.79 Å². The van der Waals surface area contributed by atoms with Gasteiger partial charge in [-0.15, -0.1) is 0 Å². The number of likely N-dealkylation sites (tertiary alicyclic amines) is 1. The Morgan fingerprint density at radius 3 is 2.95 bits per heavy atom. The molecule has 5 nitrogen and oxygen atoms in total. The van der Waals surface area contributed by atoms with Crippen molar-refractivity contribution in [2.75, 3.05) is 25.5 Å². The number of hydrogen-bond acceptors (Lipinski definition) is 3. The molecule has 0 saturated carbocycles. The standard InChI is InChI=1S/C14H16ClFN2O3/c1-21-13(19)6-9-4-5-18(8-9)14(20)17-10-2-3-12(16)11(15)7-10/h2-3,7,9H,4-6,8H2,1H3,(H,17,20). The van der Waals surface area contributed by atoms with Gasteiger partial charge >= 0.3 is 12.0 Å². The number of carbonyl (C=O) groups is 2. The Hall–Kier alpha value is -1.82. The number of nitrogens with zero attached hydrogens (tertiary/aromatic N) is 1. The fraction of sp³-hybridized carbons (Fsp3) is 0.429. The molecule has 1 atom stereocenters. The van der Waals surface area contributed by atoms with Crippen molar-refractivity contribution < 1.29 is 18.7 Å². The van der Waals surface area contributed by atoms with Gasteiger partial charge in [-0.1, -0.05) is 11.6 Å². The molecule has 1 aromatic carbocycles. The van der Waals surface area contributed by atoms with Crippen molar-refractivity contribution in [3.8, 4) is 0 Å². The first-order valence-electron chi connectivity index (χ1n) is 6.57. The number of esters is 1. The van der Waals surface area contributed by atoms with E-state index in [2.05, 4.69) is 10.1 Å². The number of nitrogens with one attached hydrogen (secondary N) is 1. The highest BCUT2D eigenvalue weighted by Crippen LogP contribution is 2.23. The summed E-state index contributed by atoms with van der Waals surface area (Å²) in [6.07, 6.45) is 1.06. The Labute approximate surface area is 127 Å². The molecule has 21 heavy (non-hydrogen) atoms. The summed E-state index contributed by atoms with van der Waals surface area (Å²) in [6, 6.07) is 3.71. The summed E-state index contributed by atoms with van der Waals surface area (Å²) >= 11 is 5.66. The summed E-state index contributed by atoms with van der Waals surface area (Å²) in [5.74, 6) is -0.693. The van der Waals surface area contributed by atoms with Crippen LogP contribution in [0.1, 0.15) is 12.8 Å². The third-order valence-corrected chi connectivity index (χ3v) is 3.72. The molecule has 1 N–H and O–H groups in total. The van der Waals surface area contributed by atoms with Crippen LogP contribution in [0.5, 0.6) is 0 Å². The van der Waals surface area contributed by atoms with Crippen molar-refractivity contribution in [2.45, 2.75) is 12.8 Å². The molecule has 1 aliphatic rings. The molecular weight excluding hydrogens is 299 g/mol. The van der Waals surface area contributed by atoms with Gasteiger partial charge in [0.1, 0.15) is 5.82 Å². The summed E-state index contributed by atoms with van der Waals surface area (Å²) in [6.45, 7) is 1.07. The fourth-order valence-corrected chi connectivity index (χ4v) is 2.46. The molecule has 1 fully saturated rings. The van der Waals surface area contributed by atoms with E-state index in [1.807, 2.05) is 0 Å². The number of anilines is 1. The highest BCUT2D eigenvalue weighted by atomic mass is 35.5. The van der Waals surface area contributed by atoms with Crippen LogP contribution in [0.4, 0.5) is 14.9 Å². The number of ether oxygens (including phenoxy) is 1. The van der Waals surface area contributed by atoms with E-state index in [4.69, 9.17) is 11.6 Å². The van der Waals surface area contributed by atoms with E-state index >= 15 is 0 Å². The SMILES string of the molecule is COC(=O)CC1CCN(C(=O)Nc2ccc(F)c(Cl)c2)C1. The Kier molecular flexibility index (Phi) is 5.01. The van der Waals surface area contributed by atoms with Crippen LogP contribution in [0.25, 0.3) is 0 Å². The van der Waals surface area contributed by atoms with Gasteiger partial charge in [-0.05, 0) is 30.5 Å². The zero-order valence-electron chi connectivity index (χ0n) is 11.6. The first-order valence-corrected chi connectivity index (χ1v) is 6.95. The van der Waals surface area contributed by atoms with Gasteiger partial charge < -0.3 is 15.0 Å². The molecule has 0 aromatic heterocycles. The second kappa shape index (κ2) is 6.76. The smallest absolute Gasteiger partial charge is 0.321 e. The fourth-order valence-electron chi connectivity index (χ4n) is 2.28. The van der Waals surface area contributed by atoms with E-state index in [1.165, 1.54) is 25.3 Å². The Bertz CT molecular complexity index is 553. The van der Waals surface area contributed by atoms with Crippen LogP contribution in [0.3, 0.4) is 0 Å². The van der Waals surface area contributed by atoms with E-state index in [0.29, 0.717) is 25.2 Å². The number of urea groups is 1. The first-order chi connectivity index (χ1) is 9.99. The number of hydrogen-bond donors (Lipinski definition) is 1. The van der Waals surface area contributed by atoms with Gasteiger partial charge in [0.15, 0.2) is 0 Å². The van der Waals surface area contributed by atoms with Crippen molar-refractivity contribution in [3.63, 3.8) is 0 Å². The lowest BCUT2D eigenvalue weighted by molar-refractivity contribution is -0.141. The lowest BCUT2D eigenvalue weighted by Crippen LogP contribution is -2.33. The molecule has 0 spiro atoms. The molecule has 0 bridgehead atoms. The third-order valence-electron chi connectivity index (χ3n) is 3.43. The quantitative estimate of drug-likeness (QED) is 0.873. The average Bonchev–Trinajstić information content (AvgIpc) is 2.91. The molecule has 2 rings (SSSR count). The second-order valence-electron chi connectivity index (χ2n) is 4.94. The van der Waals surface area contributed by atoms with Crippen molar-refractivity contribution >= 4 is 29.3 Å². The summed E-state index contributed by atoms with van der Waals surface area (Å²) in [4.78, 5) is 24.9. The predicted octanol–water partition coefficient (Wildman–Crippen LogP) is 2.90. The lowest BCUT2D eigenvalue weighted by Gasteiger charge is -2.17. The molecule has 114 valence electrons. The van der Waals surface area contributed by atoms with E-state index in [9.17, 15) is 14.0 Å². The zero-order chi connectivity index (χ0) is 15.4. The Morgan fingerprint density at radius 1 is 1.52 bits per heavy atom. The van der Waals surface area contributed by atoms with E-state index in [1.54, 1.807) is 4.90 Å². The molecule has 7 heteroatoms. The van der Waals surface area contributed by atoms with Gasteiger partial charge in [-0.2, -0.15) is 0 Å². The maximum Gasteiger partial charge on any atom is 0.321 e. The minimum absolute atomic E-state index is 0.0437. The molecule has 2 amide bonds. The maximum atomic E-state index is 13.0. The van der Waals surface area contributed by atoms with Crippen LogP contribution in [-0.2, 0) is 9.53 Å². The Balaban J connectivity index is 1.89. The van der Waals surface area contributed by atoms with E-state index in [0.717, 1.165) is 6.42 Å². The minimum Gasteiger partial charge on any atom is -0.469 e. The van der Waals surface area contributed by atoms with Crippen LogP contribution in [0.2, 0.25) is 5.02 Å². The molecule has 0 radical (unpaired) electrons. The highest BCUT2D eigenvalue weighted by Gasteiger charge is 2.28. The number of methoxy groups -OCH3 is 1. The monoisotopic (exact) mass is 314 g/mol. The van der Waals surface area contributed by atoms with Crippen LogP contribution >= 0.6 is 11.6 Å². The average molecular weight is 315 g/mol. The van der Waals surface area contributed by atoms with Crippen molar-refractivity contribution in [1.82, 2.24) is 4.90 Å². The molecular formula is C14H16ClFN2O3. The second-order valence-corrected chi connectivity index (χ2v) is 5.35. The third kappa shape index (κ3) is 4.07. The van der Waals surface area contributed by atoms with Crippen LogP contribution in [-0.4, -0.2) is 37.1 Å². The van der Waals surface area contributed by atoms with Gasteiger partial charge in [0.2, 0.25) is 0 Å². The largest absolute Gasteiger partial charge is 0.469 e. The van der Waals surface area contributed by atoms with Crippen molar-refractivity contribution in [1.29, 1.82) is 0 Å². The number of amides is 2. The molecule has 0 aliphatic carbocycles. The topological polar surface area (TPSA) is 58.6 Å². The maximum absolute atomic E-state index is 13.0. The predicted molar refractivity (Wildman–Crippen MR) is 76.7 cm³/mol.